The van der Waals surface area contributed by atoms with Crippen LogP contribution in [0.4, 0.5) is 0 Å². The molecule has 0 amide bonds. The van der Waals surface area contributed by atoms with Gasteiger partial charge in [-0.1, -0.05) is 25.2 Å². The van der Waals surface area contributed by atoms with Gasteiger partial charge in [0.05, 0.1) is 5.92 Å². The van der Waals surface area contributed by atoms with Crippen LogP contribution in [-0.2, 0) is 9.59 Å². The van der Waals surface area contributed by atoms with Crippen LogP contribution in [0, 0.1) is 5.92 Å². The van der Waals surface area contributed by atoms with Gasteiger partial charge in [0, 0.05) is 5.57 Å². The molecule has 2 N–H and O–H groups in total. The van der Waals surface area contributed by atoms with Crippen LogP contribution in [-0.4, -0.2) is 22.2 Å². The molecule has 0 radical (unpaired) electrons. The monoisotopic (exact) mass is 198 g/mol. The lowest BCUT2D eigenvalue weighted by Gasteiger charge is -1.99. The molecule has 0 aromatic heterocycles. The van der Waals surface area contributed by atoms with Crippen molar-refractivity contribution < 1.29 is 19.8 Å². The molecule has 4 heteroatoms. The molecule has 0 fully saturated rings. The Morgan fingerprint density at radius 3 is 2.36 bits per heavy atom. The normalized spacial score (nSPS) is 14.3. The van der Waals surface area contributed by atoms with Crippen LogP contribution < -0.4 is 0 Å². The van der Waals surface area contributed by atoms with Gasteiger partial charge >= 0.3 is 11.9 Å². The average molecular weight is 198 g/mol. The molecule has 78 valence electrons. The zero-order valence-corrected chi connectivity index (χ0v) is 8.23. The summed E-state index contributed by atoms with van der Waals surface area (Å²) >= 11 is 0. The first kappa shape index (κ1) is 12.4. The zero-order chi connectivity index (χ0) is 11.1. The highest BCUT2D eigenvalue weighted by molar-refractivity contribution is 5.86. The van der Waals surface area contributed by atoms with E-state index in [2.05, 4.69) is 0 Å². The van der Waals surface area contributed by atoms with Crippen LogP contribution in [0.5, 0.6) is 0 Å². The molecule has 0 unspecified atom stereocenters. The molecule has 0 aliphatic heterocycles. The van der Waals surface area contributed by atoms with Crippen LogP contribution in [0.2, 0.25) is 0 Å². The van der Waals surface area contributed by atoms with Crippen LogP contribution in [0.1, 0.15) is 20.3 Å². The van der Waals surface area contributed by atoms with Crippen molar-refractivity contribution in [3.8, 4) is 0 Å². The number of hydrogen-bond donors (Lipinski definition) is 2. The van der Waals surface area contributed by atoms with Crippen molar-refractivity contribution in [2.45, 2.75) is 20.3 Å². The smallest absolute Gasteiger partial charge is 0.331 e. The molecule has 0 saturated carbocycles. The highest BCUT2D eigenvalue weighted by Gasteiger charge is 2.07. The molecule has 0 aromatic rings. The largest absolute Gasteiger partial charge is 0.481 e. The Bertz CT molecular complexity index is 276. The standard InChI is InChI=1S/C10H14O4/c1-7(9(11)12)5-3-4-6-8(2)10(13)14/h3-5,8H,6H2,1-2H3,(H,11,12)(H,13,14)/b4-3+,7-5+/t8-/m1/s1. The Kier molecular flexibility index (Phi) is 5.29. The summed E-state index contributed by atoms with van der Waals surface area (Å²) in [6.45, 7) is 3.08. The van der Waals surface area contributed by atoms with E-state index in [-0.39, 0.29) is 5.57 Å². The molecule has 4 nitrogen and oxygen atoms in total. The van der Waals surface area contributed by atoms with Crippen molar-refractivity contribution in [3.63, 3.8) is 0 Å². The SMILES string of the molecule is C/C(=C\C=C\C[C@@H](C)C(=O)O)C(=O)O. The van der Waals surface area contributed by atoms with Gasteiger partial charge in [-0.3, -0.25) is 4.79 Å². The quantitative estimate of drug-likeness (QED) is 0.520. The highest BCUT2D eigenvalue weighted by Crippen LogP contribution is 2.03. The maximum absolute atomic E-state index is 10.4. The summed E-state index contributed by atoms with van der Waals surface area (Å²) in [5.41, 5.74) is 0.226. The van der Waals surface area contributed by atoms with Crippen molar-refractivity contribution in [2.75, 3.05) is 0 Å². The topological polar surface area (TPSA) is 74.6 Å². The van der Waals surface area contributed by atoms with Gasteiger partial charge < -0.3 is 10.2 Å². The molecule has 0 heterocycles. The number of hydrogen-bond acceptors (Lipinski definition) is 2. The minimum Gasteiger partial charge on any atom is -0.481 e. The van der Waals surface area contributed by atoms with Crippen molar-refractivity contribution in [1.29, 1.82) is 0 Å². The van der Waals surface area contributed by atoms with E-state index in [1.54, 1.807) is 19.1 Å². The second kappa shape index (κ2) is 5.96. The lowest BCUT2D eigenvalue weighted by atomic mass is 10.1. The molecule has 0 spiro atoms. The predicted octanol–water partition coefficient (Wildman–Crippen LogP) is 1.68. The van der Waals surface area contributed by atoms with E-state index in [0.717, 1.165) is 0 Å². The number of aliphatic carboxylic acids is 2. The lowest BCUT2D eigenvalue weighted by molar-refractivity contribution is -0.141. The van der Waals surface area contributed by atoms with Gasteiger partial charge in [-0.25, -0.2) is 4.79 Å². The minimum absolute atomic E-state index is 0.226. The van der Waals surface area contributed by atoms with E-state index in [1.807, 2.05) is 0 Å². The van der Waals surface area contributed by atoms with Gasteiger partial charge in [0.1, 0.15) is 0 Å². The first-order valence-electron chi connectivity index (χ1n) is 4.24. The van der Waals surface area contributed by atoms with Crippen molar-refractivity contribution in [1.82, 2.24) is 0 Å². The second-order valence-corrected chi connectivity index (χ2v) is 3.06. The number of carboxylic acids is 2. The second-order valence-electron chi connectivity index (χ2n) is 3.06. The first-order chi connectivity index (χ1) is 6.45. The summed E-state index contributed by atoms with van der Waals surface area (Å²) < 4.78 is 0. The fourth-order valence-electron chi connectivity index (χ4n) is 0.667. The van der Waals surface area contributed by atoms with E-state index in [4.69, 9.17) is 10.2 Å². The fraction of sp³-hybridized carbons (Fsp3) is 0.400. The number of allylic oxidation sites excluding steroid dienone is 3. The van der Waals surface area contributed by atoms with Crippen LogP contribution >= 0.6 is 0 Å². The van der Waals surface area contributed by atoms with Gasteiger partial charge in [-0.05, 0) is 13.3 Å². The zero-order valence-electron chi connectivity index (χ0n) is 8.23. The molecule has 1 atom stereocenters. The summed E-state index contributed by atoms with van der Waals surface area (Å²) in [6, 6.07) is 0. The molecule has 0 aromatic carbocycles. The maximum Gasteiger partial charge on any atom is 0.331 e. The molecule has 0 aliphatic carbocycles. The number of carbonyl (C=O) groups is 2. The van der Waals surface area contributed by atoms with Gasteiger partial charge in [-0.2, -0.15) is 0 Å². The highest BCUT2D eigenvalue weighted by atomic mass is 16.4. The summed E-state index contributed by atoms with van der Waals surface area (Å²) in [7, 11) is 0. The van der Waals surface area contributed by atoms with E-state index >= 15 is 0 Å². The van der Waals surface area contributed by atoms with Crippen molar-refractivity contribution >= 4 is 11.9 Å². The Balaban J connectivity index is 4.03. The molecule has 0 saturated heterocycles. The Labute approximate surface area is 82.6 Å². The third-order valence-corrected chi connectivity index (χ3v) is 1.73. The summed E-state index contributed by atoms with van der Waals surface area (Å²) in [6.07, 6.45) is 5.05. The van der Waals surface area contributed by atoms with Crippen LogP contribution in [0.25, 0.3) is 0 Å². The third kappa shape index (κ3) is 5.13. The van der Waals surface area contributed by atoms with Gasteiger partial charge in [0.25, 0.3) is 0 Å². The Morgan fingerprint density at radius 1 is 1.36 bits per heavy atom. The Hall–Kier alpha value is -1.58. The summed E-state index contributed by atoms with van der Waals surface area (Å²) in [5, 5.41) is 17.0. The van der Waals surface area contributed by atoms with Gasteiger partial charge in [0.15, 0.2) is 0 Å². The summed E-state index contributed by atoms with van der Waals surface area (Å²) in [4.78, 5) is 20.7. The van der Waals surface area contributed by atoms with E-state index in [0.29, 0.717) is 6.42 Å². The number of rotatable bonds is 5. The fourth-order valence-corrected chi connectivity index (χ4v) is 0.667. The van der Waals surface area contributed by atoms with E-state index in [9.17, 15) is 9.59 Å². The van der Waals surface area contributed by atoms with E-state index in [1.165, 1.54) is 13.0 Å². The van der Waals surface area contributed by atoms with Crippen molar-refractivity contribution in [3.05, 3.63) is 23.8 Å². The van der Waals surface area contributed by atoms with Crippen molar-refractivity contribution in [2.24, 2.45) is 5.92 Å². The van der Waals surface area contributed by atoms with Gasteiger partial charge in [-0.15, -0.1) is 0 Å². The van der Waals surface area contributed by atoms with E-state index < -0.39 is 17.9 Å². The lowest BCUT2D eigenvalue weighted by Crippen LogP contribution is -2.07. The van der Waals surface area contributed by atoms with Crippen LogP contribution in [0.3, 0.4) is 0 Å². The Morgan fingerprint density at radius 2 is 1.93 bits per heavy atom. The minimum atomic E-state index is -0.971. The average Bonchev–Trinajstić information content (AvgIpc) is 2.11. The molecule has 14 heavy (non-hydrogen) atoms. The summed E-state index contributed by atoms with van der Waals surface area (Å²) in [5.74, 6) is -2.26. The van der Waals surface area contributed by atoms with Gasteiger partial charge in [0.2, 0.25) is 0 Å². The number of carboxylic acid groups (broad SMARTS) is 2. The molecule has 0 aliphatic rings. The third-order valence-electron chi connectivity index (χ3n) is 1.73. The maximum atomic E-state index is 10.4. The molecular weight excluding hydrogens is 184 g/mol. The molecule has 0 rings (SSSR count). The first-order valence-corrected chi connectivity index (χ1v) is 4.24. The predicted molar refractivity (Wildman–Crippen MR) is 51.9 cm³/mol. The molecule has 0 bridgehead atoms. The van der Waals surface area contributed by atoms with Crippen LogP contribution in [0.15, 0.2) is 23.8 Å². The molecular formula is C10H14O4.